The van der Waals surface area contributed by atoms with Gasteiger partial charge in [-0.25, -0.2) is 9.37 Å². The summed E-state index contributed by atoms with van der Waals surface area (Å²) in [5.74, 6) is 0.268. The van der Waals surface area contributed by atoms with Crippen LogP contribution in [0.1, 0.15) is 18.3 Å². The molecule has 0 saturated carbocycles. The van der Waals surface area contributed by atoms with Gasteiger partial charge in [0.15, 0.2) is 0 Å². The van der Waals surface area contributed by atoms with Gasteiger partial charge in [-0.1, -0.05) is 12.1 Å². The van der Waals surface area contributed by atoms with Crippen LogP contribution >= 0.6 is 0 Å². The number of benzene rings is 2. The summed E-state index contributed by atoms with van der Waals surface area (Å²) in [6, 6.07) is 11.8. The van der Waals surface area contributed by atoms with Crippen LogP contribution in [0, 0.1) is 17.1 Å². The van der Waals surface area contributed by atoms with Crippen molar-refractivity contribution in [2.45, 2.75) is 19.4 Å². The summed E-state index contributed by atoms with van der Waals surface area (Å²) in [6.07, 6.45) is -0.0362. The van der Waals surface area contributed by atoms with Crippen molar-refractivity contribution in [2.24, 2.45) is 0 Å². The molecule has 2 N–H and O–H groups in total. The van der Waals surface area contributed by atoms with Crippen LogP contribution < -0.4 is 0 Å². The van der Waals surface area contributed by atoms with Gasteiger partial charge in [0, 0.05) is 12.0 Å². The molecule has 0 saturated heterocycles. The number of hydrogen-bond acceptors (Lipinski definition) is 3. The lowest BCUT2D eigenvalue weighted by atomic mass is 10.0. The number of rotatable bonds is 3. The van der Waals surface area contributed by atoms with Crippen molar-refractivity contribution in [1.82, 2.24) is 9.97 Å². The first kappa shape index (κ1) is 14.2. The van der Waals surface area contributed by atoms with Gasteiger partial charge < -0.3 is 10.1 Å². The van der Waals surface area contributed by atoms with E-state index in [4.69, 9.17) is 5.26 Å². The zero-order valence-electron chi connectivity index (χ0n) is 12.0. The Morgan fingerprint density at radius 1 is 1.32 bits per heavy atom. The number of H-pyrrole nitrogens is 1. The maximum Gasteiger partial charge on any atom is 0.132 e. The molecule has 0 aliphatic rings. The average Bonchev–Trinajstić information content (AvgIpc) is 2.87. The molecule has 5 heteroatoms. The van der Waals surface area contributed by atoms with Crippen LogP contribution in [0.5, 0.6) is 0 Å². The Bertz CT molecular complexity index is 877. The van der Waals surface area contributed by atoms with Gasteiger partial charge in [0.05, 0.1) is 28.8 Å². The molecule has 3 aromatic rings. The SMILES string of the molecule is CC(O)Cc1nc2ccc(-c3ccc(C#N)cc3F)cc2[nH]1. The third-order valence-corrected chi connectivity index (χ3v) is 3.43. The Labute approximate surface area is 126 Å². The normalized spacial score (nSPS) is 12.3. The molecule has 3 rings (SSSR count). The molecule has 2 aromatic carbocycles. The minimum Gasteiger partial charge on any atom is -0.393 e. The monoisotopic (exact) mass is 295 g/mol. The topological polar surface area (TPSA) is 72.7 Å². The Kier molecular flexibility index (Phi) is 3.61. The maximum absolute atomic E-state index is 14.1. The van der Waals surface area contributed by atoms with Crippen LogP contribution in [0.4, 0.5) is 4.39 Å². The summed E-state index contributed by atoms with van der Waals surface area (Å²) < 4.78 is 14.1. The summed E-state index contributed by atoms with van der Waals surface area (Å²) in [5.41, 5.74) is 3.00. The van der Waals surface area contributed by atoms with Crippen molar-refractivity contribution in [3.63, 3.8) is 0 Å². The number of imidazole rings is 1. The van der Waals surface area contributed by atoms with E-state index in [0.29, 0.717) is 28.9 Å². The molecule has 4 nitrogen and oxygen atoms in total. The van der Waals surface area contributed by atoms with E-state index in [0.717, 1.165) is 11.0 Å². The van der Waals surface area contributed by atoms with Crippen molar-refractivity contribution in [2.75, 3.05) is 0 Å². The summed E-state index contributed by atoms with van der Waals surface area (Å²) in [4.78, 5) is 7.52. The molecule has 0 aliphatic carbocycles. The van der Waals surface area contributed by atoms with Crippen LogP contribution in [0.25, 0.3) is 22.2 Å². The van der Waals surface area contributed by atoms with Gasteiger partial charge in [0.1, 0.15) is 11.6 Å². The fourth-order valence-corrected chi connectivity index (χ4v) is 2.43. The van der Waals surface area contributed by atoms with Gasteiger partial charge in [-0.3, -0.25) is 0 Å². The predicted molar refractivity (Wildman–Crippen MR) is 81.6 cm³/mol. The van der Waals surface area contributed by atoms with Crippen LogP contribution in [0.15, 0.2) is 36.4 Å². The van der Waals surface area contributed by atoms with E-state index in [1.807, 2.05) is 18.2 Å². The molecular weight excluding hydrogens is 281 g/mol. The fraction of sp³-hybridized carbons (Fsp3) is 0.176. The molecule has 0 radical (unpaired) electrons. The molecule has 0 spiro atoms. The van der Waals surface area contributed by atoms with Gasteiger partial charge in [-0.2, -0.15) is 5.26 Å². The predicted octanol–water partition coefficient (Wildman–Crippen LogP) is 3.16. The van der Waals surface area contributed by atoms with Gasteiger partial charge in [-0.15, -0.1) is 0 Å². The van der Waals surface area contributed by atoms with Crippen LogP contribution in [-0.2, 0) is 6.42 Å². The number of nitriles is 1. The first-order valence-corrected chi connectivity index (χ1v) is 6.93. The lowest BCUT2D eigenvalue weighted by Gasteiger charge is -2.03. The number of aliphatic hydroxyl groups is 1. The maximum atomic E-state index is 14.1. The molecule has 0 fully saturated rings. The molecule has 1 atom stereocenters. The highest BCUT2D eigenvalue weighted by Gasteiger charge is 2.10. The first-order chi connectivity index (χ1) is 10.6. The Balaban J connectivity index is 2.03. The van der Waals surface area contributed by atoms with E-state index in [-0.39, 0.29) is 0 Å². The van der Waals surface area contributed by atoms with E-state index >= 15 is 0 Å². The van der Waals surface area contributed by atoms with E-state index in [9.17, 15) is 9.50 Å². The average molecular weight is 295 g/mol. The number of aromatic amines is 1. The van der Waals surface area contributed by atoms with E-state index in [1.165, 1.54) is 6.07 Å². The quantitative estimate of drug-likeness (QED) is 0.779. The Hall–Kier alpha value is -2.71. The van der Waals surface area contributed by atoms with Gasteiger partial charge in [0.2, 0.25) is 0 Å². The number of nitrogens with one attached hydrogen (secondary N) is 1. The lowest BCUT2D eigenvalue weighted by molar-refractivity contribution is 0.193. The molecule has 1 unspecified atom stereocenters. The number of aliphatic hydroxyl groups excluding tert-OH is 1. The minimum absolute atomic E-state index is 0.295. The van der Waals surface area contributed by atoms with Gasteiger partial charge >= 0.3 is 0 Å². The number of fused-ring (bicyclic) bond motifs is 1. The summed E-state index contributed by atoms with van der Waals surface area (Å²) in [5, 5.41) is 18.2. The van der Waals surface area contributed by atoms with Crippen molar-refractivity contribution >= 4 is 11.0 Å². The molecule has 1 aromatic heterocycles. The standard InChI is InChI=1S/C17H14FN3O/c1-10(22)6-17-20-15-5-3-12(8-16(15)21-17)13-4-2-11(9-19)7-14(13)18/h2-5,7-8,10,22H,6H2,1H3,(H,20,21). The third kappa shape index (κ3) is 2.69. The Morgan fingerprint density at radius 3 is 2.82 bits per heavy atom. The molecular formula is C17H14FN3O. The van der Waals surface area contributed by atoms with E-state index < -0.39 is 11.9 Å². The smallest absolute Gasteiger partial charge is 0.132 e. The minimum atomic E-state index is -0.476. The second-order valence-corrected chi connectivity index (χ2v) is 5.28. The van der Waals surface area contributed by atoms with Gasteiger partial charge in [0.25, 0.3) is 0 Å². The highest BCUT2D eigenvalue weighted by molar-refractivity contribution is 5.82. The third-order valence-electron chi connectivity index (χ3n) is 3.43. The highest BCUT2D eigenvalue weighted by atomic mass is 19.1. The lowest BCUT2D eigenvalue weighted by Crippen LogP contribution is -2.05. The molecule has 1 heterocycles. The fourth-order valence-electron chi connectivity index (χ4n) is 2.43. The molecule has 0 amide bonds. The second kappa shape index (κ2) is 5.58. The molecule has 22 heavy (non-hydrogen) atoms. The number of aromatic nitrogens is 2. The first-order valence-electron chi connectivity index (χ1n) is 6.93. The summed E-state index contributed by atoms with van der Waals surface area (Å²) in [6.45, 7) is 1.70. The number of halogens is 1. The summed E-state index contributed by atoms with van der Waals surface area (Å²) >= 11 is 0. The zero-order chi connectivity index (χ0) is 15.7. The zero-order valence-corrected chi connectivity index (χ0v) is 12.0. The molecule has 0 bridgehead atoms. The molecule has 110 valence electrons. The van der Waals surface area contributed by atoms with Crippen LogP contribution in [0.2, 0.25) is 0 Å². The van der Waals surface area contributed by atoms with Gasteiger partial charge in [-0.05, 0) is 36.8 Å². The highest BCUT2D eigenvalue weighted by Crippen LogP contribution is 2.26. The van der Waals surface area contributed by atoms with E-state index in [2.05, 4.69) is 9.97 Å². The van der Waals surface area contributed by atoms with Crippen LogP contribution in [0.3, 0.4) is 0 Å². The second-order valence-electron chi connectivity index (χ2n) is 5.28. The van der Waals surface area contributed by atoms with Crippen molar-refractivity contribution in [3.8, 4) is 17.2 Å². The Morgan fingerprint density at radius 2 is 2.14 bits per heavy atom. The number of nitrogens with zero attached hydrogens (tertiary/aromatic N) is 2. The van der Waals surface area contributed by atoms with Crippen molar-refractivity contribution in [1.29, 1.82) is 5.26 Å². The van der Waals surface area contributed by atoms with E-state index in [1.54, 1.807) is 25.1 Å². The van der Waals surface area contributed by atoms with Crippen molar-refractivity contribution in [3.05, 3.63) is 53.6 Å². The molecule has 0 aliphatic heterocycles. The van der Waals surface area contributed by atoms with Crippen molar-refractivity contribution < 1.29 is 9.50 Å². The number of hydrogen-bond donors (Lipinski definition) is 2. The van der Waals surface area contributed by atoms with Crippen LogP contribution in [-0.4, -0.2) is 21.2 Å². The largest absolute Gasteiger partial charge is 0.393 e. The summed E-state index contributed by atoms with van der Waals surface area (Å²) in [7, 11) is 0.